The fraction of sp³-hybridized carbons (Fsp3) is 0.182. The maximum Gasteiger partial charge on any atom is 0.343 e. The molecule has 9 heteroatoms. The lowest BCUT2D eigenvalue weighted by molar-refractivity contribution is -0.117. The minimum absolute atomic E-state index is 0.0642. The standard InChI is InChI=1S/C22H20N6O3/c1-3-31-22(30)17-14(2)23-25-20(17)26-24-19-18(15-10-6-4-7-11-15)27-28(21(19)29)16-12-8-5-9-13-16/h4-13,19H,3H2,1-2H3,(H,23,25)/t19-/m1/s1. The molecule has 9 nitrogen and oxygen atoms in total. The van der Waals surface area contributed by atoms with Crippen LogP contribution in [0.25, 0.3) is 0 Å². The lowest BCUT2D eigenvalue weighted by Gasteiger charge is -2.11. The fourth-order valence-corrected chi connectivity index (χ4v) is 3.18. The van der Waals surface area contributed by atoms with Crippen molar-refractivity contribution in [1.29, 1.82) is 0 Å². The van der Waals surface area contributed by atoms with E-state index in [0.717, 1.165) is 5.56 Å². The van der Waals surface area contributed by atoms with Gasteiger partial charge in [0.1, 0.15) is 11.3 Å². The molecule has 4 rings (SSSR count). The van der Waals surface area contributed by atoms with Crippen molar-refractivity contribution in [3.63, 3.8) is 0 Å². The molecule has 1 aliphatic heterocycles. The molecule has 1 atom stereocenters. The third-order valence-corrected chi connectivity index (χ3v) is 4.66. The van der Waals surface area contributed by atoms with E-state index in [1.165, 1.54) is 5.01 Å². The zero-order valence-corrected chi connectivity index (χ0v) is 17.0. The third kappa shape index (κ3) is 3.97. The van der Waals surface area contributed by atoms with Crippen LogP contribution in [0.2, 0.25) is 0 Å². The van der Waals surface area contributed by atoms with Gasteiger partial charge in [0.2, 0.25) is 5.82 Å². The summed E-state index contributed by atoms with van der Waals surface area (Å²) in [7, 11) is 0. The lowest BCUT2D eigenvalue weighted by Crippen LogP contribution is -2.30. The Labute approximate surface area is 178 Å². The van der Waals surface area contributed by atoms with Crippen LogP contribution < -0.4 is 5.01 Å². The summed E-state index contributed by atoms with van der Waals surface area (Å²) in [6.07, 6.45) is 0. The van der Waals surface area contributed by atoms with Crippen LogP contribution in [0.1, 0.15) is 28.5 Å². The van der Waals surface area contributed by atoms with Gasteiger partial charge in [0, 0.05) is 11.3 Å². The van der Waals surface area contributed by atoms with Gasteiger partial charge in [-0.25, -0.2) is 4.79 Å². The maximum atomic E-state index is 13.2. The van der Waals surface area contributed by atoms with E-state index in [9.17, 15) is 9.59 Å². The fourth-order valence-electron chi connectivity index (χ4n) is 3.18. The minimum atomic E-state index is -0.977. The monoisotopic (exact) mass is 416 g/mol. The maximum absolute atomic E-state index is 13.2. The first-order valence-corrected chi connectivity index (χ1v) is 9.76. The number of carbonyl (C=O) groups is 2. The molecule has 2 aromatic carbocycles. The summed E-state index contributed by atoms with van der Waals surface area (Å²) in [5.74, 6) is -0.837. The summed E-state index contributed by atoms with van der Waals surface area (Å²) in [4.78, 5) is 25.4. The molecule has 2 heterocycles. The average molecular weight is 416 g/mol. The first kappa shape index (κ1) is 20.1. The summed E-state index contributed by atoms with van der Waals surface area (Å²) in [6.45, 7) is 3.62. The van der Waals surface area contributed by atoms with Crippen LogP contribution in [0.4, 0.5) is 11.5 Å². The summed E-state index contributed by atoms with van der Waals surface area (Å²) < 4.78 is 5.07. The largest absolute Gasteiger partial charge is 0.462 e. The van der Waals surface area contributed by atoms with Gasteiger partial charge in [0.05, 0.1) is 12.3 Å². The molecule has 0 aliphatic carbocycles. The number of ether oxygens (including phenoxy) is 1. The van der Waals surface area contributed by atoms with E-state index < -0.39 is 12.0 Å². The van der Waals surface area contributed by atoms with Crippen LogP contribution >= 0.6 is 0 Å². The molecular formula is C22H20N6O3. The molecule has 0 bridgehead atoms. The van der Waals surface area contributed by atoms with E-state index in [2.05, 4.69) is 25.5 Å². The Morgan fingerprint density at radius 1 is 1.13 bits per heavy atom. The molecule has 156 valence electrons. The number of nitrogens with zero attached hydrogens (tertiary/aromatic N) is 5. The van der Waals surface area contributed by atoms with Gasteiger partial charge in [0.15, 0.2) is 6.04 Å². The van der Waals surface area contributed by atoms with Crippen molar-refractivity contribution in [3.05, 3.63) is 77.5 Å². The van der Waals surface area contributed by atoms with Gasteiger partial charge in [0.25, 0.3) is 5.91 Å². The Bertz CT molecular complexity index is 1150. The molecule has 31 heavy (non-hydrogen) atoms. The second-order valence-electron chi connectivity index (χ2n) is 6.72. The molecule has 0 spiro atoms. The Morgan fingerprint density at radius 2 is 1.81 bits per heavy atom. The Balaban J connectivity index is 1.71. The predicted octanol–water partition coefficient (Wildman–Crippen LogP) is 3.80. The molecule has 1 aromatic heterocycles. The SMILES string of the molecule is CCOC(=O)c1c(N=N[C@H]2C(=O)N(c3ccccc3)N=C2c2ccccc2)n[nH]c1C. The molecule has 0 unspecified atom stereocenters. The van der Waals surface area contributed by atoms with E-state index in [-0.39, 0.29) is 23.9 Å². The van der Waals surface area contributed by atoms with Gasteiger partial charge >= 0.3 is 5.97 Å². The molecule has 1 amide bonds. The predicted molar refractivity (Wildman–Crippen MR) is 114 cm³/mol. The number of hydrazone groups is 1. The van der Waals surface area contributed by atoms with Crippen LogP contribution in [-0.2, 0) is 9.53 Å². The molecular weight excluding hydrogens is 396 g/mol. The van der Waals surface area contributed by atoms with Crippen molar-refractivity contribution in [2.45, 2.75) is 19.9 Å². The average Bonchev–Trinajstić information content (AvgIpc) is 3.33. The van der Waals surface area contributed by atoms with Gasteiger partial charge in [-0.1, -0.05) is 48.5 Å². The highest BCUT2D eigenvalue weighted by atomic mass is 16.5. The first-order chi connectivity index (χ1) is 15.1. The number of benzene rings is 2. The quantitative estimate of drug-likeness (QED) is 0.486. The number of azo groups is 1. The number of nitrogens with one attached hydrogen (secondary N) is 1. The molecule has 0 saturated heterocycles. The number of anilines is 1. The molecule has 0 fully saturated rings. The van der Waals surface area contributed by atoms with Gasteiger partial charge < -0.3 is 4.74 Å². The number of aromatic amines is 1. The Morgan fingerprint density at radius 3 is 2.48 bits per heavy atom. The molecule has 1 aliphatic rings. The van der Waals surface area contributed by atoms with Crippen LogP contribution in [0.3, 0.4) is 0 Å². The Kier molecular flexibility index (Phi) is 5.65. The highest BCUT2D eigenvalue weighted by molar-refractivity contribution is 6.24. The minimum Gasteiger partial charge on any atom is -0.462 e. The Hall–Kier alpha value is -4.14. The number of carbonyl (C=O) groups excluding carboxylic acids is 2. The summed E-state index contributed by atoms with van der Waals surface area (Å²) in [5, 5.41) is 20.9. The molecule has 3 aromatic rings. The van der Waals surface area contributed by atoms with Crippen LogP contribution in [0.15, 0.2) is 76.0 Å². The number of hydrogen-bond acceptors (Lipinski definition) is 7. The van der Waals surface area contributed by atoms with E-state index in [1.54, 1.807) is 26.0 Å². The highest BCUT2D eigenvalue weighted by Crippen LogP contribution is 2.27. The van der Waals surface area contributed by atoms with Gasteiger partial charge in [-0.3, -0.25) is 9.89 Å². The van der Waals surface area contributed by atoms with E-state index in [4.69, 9.17) is 4.74 Å². The van der Waals surface area contributed by atoms with Crippen LogP contribution in [0, 0.1) is 6.92 Å². The van der Waals surface area contributed by atoms with Gasteiger partial charge in [-0.05, 0) is 26.0 Å². The van der Waals surface area contributed by atoms with Crippen molar-refractivity contribution in [1.82, 2.24) is 10.2 Å². The lowest BCUT2D eigenvalue weighted by atomic mass is 10.0. The number of para-hydroxylation sites is 1. The van der Waals surface area contributed by atoms with Crippen LogP contribution in [-0.4, -0.2) is 40.4 Å². The van der Waals surface area contributed by atoms with E-state index >= 15 is 0 Å². The van der Waals surface area contributed by atoms with Gasteiger partial charge in [-0.2, -0.15) is 20.3 Å². The number of hydrogen-bond donors (Lipinski definition) is 1. The van der Waals surface area contributed by atoms with Crippen molar-refractivity contribution in [2.75, 3.05) is 11.6 Å². The molecule has 0 radical (unpaired) electrons. The van der Waals surface area contributed by atoms with Crippen molar-refractivity contribution in [3.8, 4) is 0 Å². The number of H-pyrrole nitrogens is 1. The van der Waals surface area contributed by atoms with Crippen molar-refractivity contribution >= 4 is 29.1 Å². The number of aromatic nitrogens is 2. The van der Waals surface area contributed by atoms with Crippen LogP contribution in [0.5, 0.6) is 0 Å². The smallest absolute Gasteiger partial charge is 0.343 e. The zero-order chi connectivity index (χ0) is 21.8. The first-order valence-electron chi connectivity index (χ1n) is 9.76. The third-order valence-electron chi connectivity index (χ3n) is 4.66. The number of esters is 1. The normalized spacial score (nSPS) is 16.1. The zero-order valence-electron chi connectivity index (χ0n) is 17.0. The van der Waals surface area contributed by atoms with Crippen molar-refractivity contribution in [2.24, 2.45) is 15.3 Å². The second-order valence-corrected chi connectivity index (χ2v) is 6.72. The summed E-state index contributed by atoms with van der Waals surface area (Å²) >= 11 is 0. The topological polar surface area (TPSA) is 112 Å². The molecule has 0 saturated carbocycles. The highest BCUT2D eigenvalue weighted by Gasteiger charge is 2.38. The number of aryl methyl sites for hydroxylation is 1. The van der Waals surface area contributed by atoms with Crippen molar-refractivity contribution < 1.29 is 14.3 Å². The summed E-state index contributed by atoms with van der Waals surface area (Å²) in [6, 6.07) is 17.4. The number of amides is 1. The van der Waals surface area contributed by atoms with E-state index in [0.29, 0.717) is 17.1 Å². The number of rotatable bonds is 6. The van der Waals surface area contributed by atoms with E-state index in [1.807, 2.05) is 48.5 Å². The van der Waals surface area contributed by atoms with Gasteiger partial charge in [-0.15, -0.1) is 5.11 Å². The summed E-state index contributed by atoms with van der Waals surface area (Å²) in [5.41, 5.74) is 2.54. The second kappa shape index (κ2) is 8.70. The molecule has 1 N–H and O–H groups in total.